The molecule has 0 spiro atoms. The largest absolute Gasteiger partial charge is 0.508 e. The second-order valence-corrected chi connectivity index (χ2v) is 4.43. The van der Waals surface area contributed by atoms with Crippen molar-refractivity contribution < 1.29 is 5.11 Å². The molecule has 0 aliphatic rings. The SMILES string of the molecule is Oc1cccc(CNc2cccc3ccncc23)c1. The molecule has 0 aliphatic heterocycles. The number of aromatic hydroxyl groups is 1. The highest BCUT2D eigenvalue weighted by molar-refractivity contribution is 5.93. The van der Waals surface area contributed by atoms with Crippen molar-refractivity contribution >= 4 is 16.5 Å². The molecule has 0 atom stereocenters. The highest BCUT2D eigenvalue weighted by atomic mass is 16.3. The fourth-order valence-electron chi connectivity index (χ4n) is 2.13. The van der Waals surface area contributed by atoms with Crippen LogP contribution in [0.2, 0.25) is 0 Å². The van der Waals surface area contributed by atoms with E-state index < -0.39 is 0 Å². The fourth-order valence-corrected chi connectivity index (χ4v) is 2.13. The molecule has 3 nitrogen and oxygen atoms in total. The maximum Gasteiger partial charge on any atom is 0.115 e. The molecule has 1 aromatic heterocycles. The van der Waals surface area contributed by atoms with E-state index in [4.69, 9.17) is 0 Å². The lowest BCUT2D eigenvalue weighted by Gasteiger charge is -2.09. The van der Waals surface area contributed by atoms with E-state index in [1.54, 1.807) is 18.3 Å². The Morgan fingerprint density at radius 3 is 2.84 bits per heavy atom. The molecule has 19 heavy (non-hydrogen) atoms. The third kappa shape index (κ3) is 2.50. The lowest BCUT2D eigenvalue weighted by molar-refractivity contribution is 0.474. The first-order valence-electron chi connectivity index (χ1n) is 6.17. The van der Waals surface area contributed by atoms with Crippen LogP contribution in [0.4, 0.5) is 5.69 Å². The average molecular weight is 250 g/mol. The van der Waals surface area contributed by atoms with E-state index in [-0.39, 0.29) is 0 Å². The predicted molar refractivity (Wildman–Crippen MR) is 77.2 cm³/mol. The van der Waals surface area contributed by atoms with Crippen LogP contribution in [0.1, 0.15) is 5.56 Å². The van der Waals surface area contributed by atoms with Crippen LogP contribution in [0, 0.1) is 0 Å². The first-order chi connectivity index (χ1) is 9.33. The van der Waals surface area contributed by atoms with Gasteiger partial charge in [-0.2, -0.15) is 0 Å². The van der Waals surface area contributed by atoms with Gasteiger partial charge < -0.3 is 10.4 Å². The molecule has 94 valence electrons. The van der Waals surface area contributed by atoms with Crippen molar-refractivity contribution in [2.75, 3.05) is 5.32 Å². The highest BCUT2D eigenvalue weighted by Gasteiger charge is 2.00. The first-order valence-corrected chi connectivity index (χ1v) is 6.17. The monoisotopic (exact) mass is 250 g/mol. The smallest absolute Gasteiger partial charge is 0.115 e. The topological polar surface area (TPSA) is 45.1 Å². The Morgan fingerprint density at radius 2 is 1.95 bits per heavy atom. The molecule has 3 aromatic rings. The van der Waals surface area contributed by atoms with Gasteiger partial charge in [-0.1, -0.05) is 24.3 Å². The van der Waals surface area contributed by atoms with Crippen LogP contribution in [-0.2, 0) is 6.54 Å². The predicted octanol–water partition coefficient (Wildman–Crippen LogP) is 3.55. The van der Waals surface area contributed by atoms with Crippen LogP contribution in [0.3, 0.4) is 0 Å². The Balaban J connectivity index is 1.86. The Hall–Kier alpha value is -2.55. The summed E-state index contributed by atoms with van der Waals surface area (Å²) in [4.78, 5) is 4.16. The second kappa shape index (κ2) is 4.98. The standard InChI is InChI=1S/C16H14N2O/c19-14-5-1-3-12(9-14)10-18-16-6-2-4-13-7-8-17-11-15(13)16/h1-9,11,18-19H,10H2. The van der Waals surface area contributed by atoms with Crippen LogP contribution in [-0.4, -0.2) is 10.1 Å². The summed E-state index contributed by atoms with van der Waals surface area (Å²) in [5.74, 6) is 0.291. The van der Waals surface area contributed by atoms with E-state index in [1.807, 2.05) is 36.5 Å². The number of rotatable bonds is 3. The fraction of sp³-hybridized carbons (Fsp3) is 0.0625. The summed E-state index contributed by atoms with van der Waals surface area (Å²) in [6, 6.07) is 15.4. The van der Waals surface area contributed by atoms with E-state index in [0.717, 1.165) is 22.0 Å². The number of aromatic nitrogens is 1. The van der Waals surface area contributed by atoms with E-state index in [2.05, 4.69) is 16.4 Å². The number of phenols is 1. The number of nitrogens with one attached hydrogen (secondary N) is 1. The molecule has 2 N–H and O–H groups in total. The Labute approximate surface area is 111 Å². The van der Waals surface area contributed by atoms with Gasteiger partial charge in [0, 0.05) is 30.0 Å². The quantitative estimate of drug-likeness (QED) is 0.747. The highest BCUT2D eigenvalue weighted by Crippen LogP contribution is 2.23. The van der Waals surface area contributed by atoms with Crippen molar-refractivity contribution in [1.82, 2.24) is 4.98 Å². The minimum Gasteiger partial charge on any atom is -0.508 e. The normalized spacial score (nSPS) is 10.5. The molecule has 0 fully saturated rings. The molecule has 1 heterocycles. The van der Waals surface area contributed by atoms with Crippen LogP contribution in [0.25, 0.3) is 10.8 Å². The van der Waals surface area contributed by atoms with Crippen molar-refractivity contribution in [3.8, 4) is 5.75 Å². The zero-order chi connectivity index (χ0) is 13.1. The van der Waals surface area contributed by atoms with Gasteiger partial charge in [0.2, 0.25) is 0 Å². The number of nitrogens with zero attached hydrogens (tertiary/aromatic N) is 1. The lowest BCUT2D eigenvalue weighted by Crippen LogP contribution is -1.99. The minimum atomic E-state index is 0.291. The van der Waals surface area contributed by atoms with Crippen molar-refractivity contribution in [3.63, 3.8) is 0 Å². The first kappa shape index (κ1) is 11.5. The van der Waals surface area contributed by atoms with Gasteiger partial charge in [0.1, 0.15) is 5.75 Å². The van der Waals surface area contributed by atoms with E-state index in [0.29, 0.717) is 12.3 Å². The van der Waals surface area contributed by atoms with Gasteiger partial charge in [-0.25, -0.2) is 0 Å². The molecule has 0 amide bonds. The zero-order valence-corrected chi connectivity index (χ0v) is 10.4. The molecule has 0 radical (unpaired) electrons. The van der Waals surface area contributed by atoms with Crippen molar-refractivity contribution in [2.45, 2.75) is 6.54 Å². The summed E-state index contributed by atoms with van der Waals surface area (Å²) in [7, 11) is 0. The lowest BCUT2D eigenvalue weighted by atomic mass is 10.1. The van der Waals surface area contributed by atoms with E-state index in [1.165, 1.54) is 0 Å². The molecule has 0 aliphatic carbocycles. The Morgan fingerprint density at radius 1 is 1.05 bits per heavy atom. The van der Waals surface area contributed by atoms with Gasteiger partial charge in [-0.15, -0.1) is 0 Å². The Bertz CT molecular complexity index is 704. The molecule has 0 unspecified atom stereocenters. The van der Waals surface area contributed by atoms with Crippen molar-refractivity contribution in [1.29, 1.82) is 0 Å². The molecule has 3 heteroatoms. The summed E-state index contributed by atoms with van der Waals surface area (Å²) >= 11 is 0. The zero-order valence-electron chi connectivity index (χ0n) is 10.4. The van der Waals surface area contributed by atoms with Crippen molar-refractivity contribution in [2.24, 2.45) is 0 Å². The van der Waals surface area contributed by atoms with Crippen LogP contribution in [0.5, 0.6) is 5.75 Å². The van der Waals surface area contributed by atoms with Gasteiger partial charge in [-0.05, 0) is 35.2 Å². The number of hydrogen-bond acceptors (Lipinski definition) is 3. The van der Waals surface area contributed by atoms with Gasteiger partial charge in [0.05, 0.1) is 0 Å². The molecular formula is C16H14N2O. The molecule has 0 bridgehead atoms. The second-order valence-electron chi connectivity index (χ2n) is 4.43. The summed E-state index contributed by atoms with van der Waals surface area (Å²) in [5, 5.41) is 15.1. The summed E-state index contributed by atoms with van der Waals surface area (Å²) < 4.78 is 0. The summed E-state index contributed by atoms with van der Waals surface area (Å²) in [6.45, 7) is 0.669. The van der Waals surface area contributed by atoms with Crippen LogP contribution >= 0.6 is 0 Å². The number of anilines is 1. The molecule has 0 saturated carbocycles. The molecule has 2 aromatic carbocycles. The van der Waals surface area contributed by atoms with E-state index >= 15 is 0 Å². The average Bonchev–Trinajstić information content (AvgIpc) is 2.45. The van der Waals surface area contributed by atoms with Gasteiger partial charge in [-0.3, -0.25) is 4.98 Å². The number of phenolic OH excluding ortho intramolecular Hbond substituents is 1. The van der Waals surface area contributed by atoms with E-state index in [9.17, 15) is 5.11 Å². The van der Waals surface area contributed by atoms with Gasteiger partial charge >= 0.3 is 0 Å². The molecule has 3 rings (SSSR count). The summed E-state index contributed by atoms with van der Waals surface area (Å²) in [6.07, 6.45) is 3.65. The third-order valence-electron chi connectivity index (χ3n) is 3.08. The minimum absolute atomic E-state index is 0.291. The van der Waals surface area contributed by atoms with Crippen molar-refractivity contribution in [3.05, 3.63) is 66.5 Å². The number of fused-ring (bicyclic) bond motifs is 1. The maximum absolute atomic E-state index is 9.44. The van der Waals surface area contributed by atoms with Gasteiger partial charge in [0.15, 0.2) is 0 Å². The molecule has 0 saturated heterocycles. The molecular weight excluding hydrogens is 236 g/mol. The van der Waals surface area contributed by atoms with Gasteiger partial charge in [0.25, 0.3) is 0 Å². The summed E-state index contributed by atoms with van der Waals surface area (Å²) in [5.41, 5.74) is 2.09. The number of hydrogen-bond donors (Lipinski definition) is 2. The maximum atomic E-state index is 9.44. The third-order valence-corrected chi connectivity index (χ3v) is 3.08. The Kier molecular flexibility index (Phi) is 3.02. The number of benzene rings is 2. The van der Waals surface area contributed by atoms with Crippen LogP contribution < -0.4 is 5.32 Å². The van der Waals surface area contributed by atoms with Crippen LogP contribution in [0.15, 0.2) is 60.9 Å². The number of pyridine rings is 1.